The summed E-state index contributed by atoms with van der Waals surface area (Å²) in [4.78, 5) is 2.73. The molecule has 1 aliphatic rings. The van der Waals surface area contributed by atoms with Crippen LogP contribution >= 0.6 is 0 Å². The van der Waals surface area contributed by atoms with E-state index in [0.717, 1.165) is 5.92 Å². The van der Waals surface area contributed by atoms with Crippen molar-refractivity contribution in [1.82, 2.24) is 4.90 Å². The van der Waals surface area contributed by atoms with E-state index >= 15 is 0 Å². The van der Waals surface area contributed by atoms with Crippen LogP contribution in [-0.4, -0.2) is 24.5 Å². The van der Waals surface area contributed by atoms with Crippen LogP contribution in [0.2, 0.25) is 0 Å². The van der Waals surface area contributed by atoms with E-state index in [1.165, 1.54) is 83.8 Å². The van der Waals surface area contributed by atoms with Gasteiger partial charge in [-0.25, -0.2) is 0 Å². The van der Waals surface area contributed by atoms with Crippen LogP contribution in [0.3, 0.4) is 0 Å². The molecule has 0 amide bonds. The molecule has 2 heteroatoms. The van der Waals surface area contributed by atoms with E-state index in [9.17, 15) is 0 Å². The molecule has 1 atom stereocenters. The van der Waals surface area contributed by atoms with E-state index in [0.29, 0.717) is 0 Å². The summed E-state index contributed by atoms with van der Waals surface area (Å²) >= 11 is 0. The average molecular weight is 259 g/mol. The van der Waals surface area contributed by atoms with Gasteiger partial charge in [0.25, 0.3) is 0 Å². The summed E-state index contributed by atoms with van der Waals surface area (Å²) < 4.78 is 0. The van der Waals surface area contributed by atoms with Crippen LogP contribution in [0.4, 0.5) is 4.70 Å². The van der Waals surface area contributed by atoms with Gasteiger partial charge in [0, 0.05) is 6.54 Å². The Bertz CT molecular complexity index is 170. The Hall–Kier alpha value is -0.110. The zero-order chi connectivity index (χ0) is 12.3. The molecule has 0 spiro atoms. The Kier molecular flexibility index (Phi) is 11.9. The van der Waals surface area contributed by atoms with Gasteiger partial charge in [-0.05, 0) is 44.7 Å². The molecule has 1 saturated heterocycles. The van der Waals surface area contributed by atoms with Crippen molar-refractivity contribution in [2.45, 2.75) is 78.1 Å². The van der Waals surface area contributed by atoms with Gasteiger partial charge < -0.3 is 4.90 Å². The van der Waals surface area contributed by atoms with Gasteiger partial charge in [-0.3, -0.25) is 4.70 Å². The molecule has 1 nitrogen and oxygen atoms in total. The summed E-state index contributed by atoms with van der Waals surface area (Å²) in [6.07, 6.45) is 14.4. The molecule has 0 aromatic rings. The summed E-state index contributed by atoms with van der Waals surface area (Å²) in [5, 5.41) is 0. The van der Waals surface area contributed by atoms with Gasteiger partial charge in [-0.15, -0.1) is 0 Å². The predicted octanol–water partition coefficient (Wildman–Crippen LogP) is 5.01. The maximum atomic E-state index is 2.73. The van der Waals surface area contributed by atoms with Gasteiger partial charge in [0.2, 0.25) is 0 Å². The Labute approximate surface area is 114 Å². The summed E-state index contributed by atoms with van der Waals surface area (Å²) in [7, 11) is 0. The van der Waals surface area contributed by atoms with Crippen molar-refractivity contribution in [1.29, 1.82) is 0 Å². The highest BCUT2D eigenvalue weighted by atomic mass is 19.0. The average Bonchev–Trinajstić information content (AvgIpc) is 2.35. The quantitative estimate of drug-likeness (QED) is 0.526. The highest BCUT2D eigenvalue weighted by molar-refractivity contribution is 4.72. The number of hydrogen-bond acceptors (Lipinski definition) is 1. The molecule has 18 heavy (non-hydrogen) atoms. The molecule has 0 aliphatic carbocycles. The first-order chi connectivity index (χ1) is 8.36. The number of likely N-dealkylation sites (tertiary alicyclic amines) is 1. The second-order valence-electron chi connectivity index (χ2n) is 5.87. The maximum Gasteiger partial charge on any atom is 0.000966 e. The van der Waals surface area contributed by atoms with Gasteiger partial charge in [0.05, 0.1) is 0 Å². The molecule has 0 aromatic heterocycles. The minimum absolute atomic E-state index is 0. The first kappa shape index (κ1) is 17.9. The van der Waals surface area contributed by atoms with E-state index in [2.05, 4.69) is 18.7 Å². The highest BCUT2D eigenvalue weighted by Crippen LogP contribution is 2.21. The molecule has 0 N–H and O–H groups in total. The maximum absolute atomic E-state index is 2.73. The van der Waals surface area contributed by atoms with E-state index in [4.69, 9.17) is 0 Å². The lowest BCUT2D eigenvalue weighted by molar-refractivity contribution is 0.165. The molecule has 0 radical (unpaired) electrons. The fourth-order valence-electron chi connectivity index (χ4n) is 3.11. The lowest BCUT2D eigenvalue weighted by Crippen LogP contribution is -2.35. The third kappa shape index (κ3) is 8.07. The van der Waals surface area contributed by atoms with Crippen molar-refractivity contribution in [3.63, 3.8) is 0 Å². The molecule has 1 heterocycles. The Morgan fingerprint density at radius 3 is 2.39 bits per heavy atom. The van der Waals surface area contributed by atoms with Crippen LogP contribution in [0.1, 0.15) is 78.1 Å². The third-order valence-electron chi connectivity index (χ3n) is 4.13. The number of unbranched alkanes of at least 4 members (excludes halogenated alkanes) is 5. The zero-order valence-electron chi connectivity index (χ0n) is 12.6. The SMILES string of the molecule is CCCCCCCCN1CCCC(CCC)C1.F. The number of hydrogen-bond donors (Lipinski definition) is 0. The second-order valence-corrected chi connectivity index (χ2v) is 5.87. The Morgan fingerprint density at radius 2 is 1.67 bits per heavy atom. The molecule has 0 bridgehead atoms. The topological polar surface area (TPSA) is 3.24 Å². The van der Waals surface area contributed by atoms with Crippen molar-refractivity contribution in [3.05, 3.63) is 0 Å². The van der Waals surface area contributed by atoms with E-state index in [1.807, 2.05) is 0 Å². The van der Waals surface area contributed by atoms with Crippen molar-refractivity contribution in [3.8, 4) is 0 Å². The smallest absolute Gasteiger partial charge is 0.000966 e. The van der Waals surface area contributed by atoms with Crippen LogP contribution in [0.5, 0.6) is 0 Å². The van der Waals surface area contributed by atoms with Crippen LogP contribution < -0.4 is 0 Å². The summed E-state index contributed by atoms with van der Waals surface area (Å²) in [5.74, 6) is 1.01. The summed E-state index contributed by atoms with van der Waals surface area (Å²) in [5.41, 5.74) is 0. The Morgan fingerprint density at radius 1 is 0.944 bits per heavy atom. The normalized spacial score (nSPS) is 20.7. The van der Waals surface area contributed by atoms with Crippen molar-refractivity contribution < 1.29 is 4.70 Å². The molecule has 110 valence electrons. The van der Waals surface area contributed by atoms with Crippen molar-refractivity contribution >= 4 is 0 Å². The first-order valence-electron chi connectivity index (χ1n) is 8.09. The predicted molar refractivity (Wildman–Crippen MR) is 80.0 cm³/mol. The fourth-order valence-corrected chi connectivity index (χ4v) is 3.11. The number of piperidine rings is 1. The molecule has 0 saturated carbocycles. The number of halogens is 1. The van der Waals surface area contributed by atoms with Crippen molar-refractivity contribution in [2.75, 3.05) is 19.6 Å². The van der Waals surface area contributed by atoms with Crippen LogP contribution in [-0.2, 0) is 0 Å². The number of rotatable bonds is 9. The van der Waals surface area contributed by atoms with E-state index in [1.54, 1.807) is 0 Å². The highest BCUT2D eigenvalue weighted by Gasteiger charge is 2.18. The third-order valence-corrected chi connectivity index (χ3v) is 4.13. The van der Waals surface area contributed by atoms with Crippen LogP contribution in [0, 0.1) is 5.92 Å². The lowest BCUT2D eigenvalue weighted by atomic mass is 9.93. The zero-order valence-corrected chi connectivity index (χ0v) is 12.6. The van der Waals surface area contributed by atoms with Gasteiger partial charge in [0.15, 0.2) is 0 Å². The molecule has 0 aromatic carbocycles. The molecule has 1 unspecified atom stereocenters. The van der Waals surface area contributed by atoms with Crippen LogP contribution in [0.15, 0.2) is 0 Å². The van der Waals surface area contributed by atoms with Gasteiger partial charge in [0.1, 0.15) is 0 Å². The lowest BCUT2D eigenvalue weighted by Gasteiger charge is -2.32. The van der Waals surface area contributed by atoms with Gasteiger partial charge in [-0.2, -0.15) is 0 Å². The van der Waals surface area contributed by atoms with Gasteiger partial charge in [-0.1, -0.05) is 52.4 Å². The molecule has 1 aliphatic heterocycles. The van der Waals surface area contributed by atoms with E-state index in [-0.39, 0.29) is 4.70 Å². The van der Waals surface area contributed by atoms with Crippen molar-refractivity contribution in [2.24, 2.45) is 5.92 Å². The second kappa shape index (κ2) is 12.0. The summed E-state index contributed by atoms with van der Waals surface area (Å²) in [6, 6.07) is 0. The molecule has 1 rings (SSSR count). The molecular formula is C16H34FN. The summed E-state index contributed by atoms with van der Waals surface area (Å²) in [6.45, 7) is 8.75. The van der Waals surface area contributed by atoms with E-state index < -0.39 is 0 Å². The largest absolute Gasteiger partial charge is 0.303 e. The molecule has 1 fully saturated rings. The standard InChI is InChI=1S/C16H33N.FH/c1-3-5-6-7-8-9-13-17-14-10-12-16(15-17)11-4-2;/h16H,3-15H2,1-2H3;1H. The number of nitrogens with zero attached hydrogens (tertiary/aromatic N) is 1. The minimum atomic E-state index is 0. The monoisotopic (exact) mass is 259 g/mol. The van der Waals surface area contributed by atoms with Gasteiger partial charge >= 0.3 is 0 Å². The minimum Gasteiger partial charge on any atom is -0.303 e. The Balaban J connectivity index is 0.00000289. The van der Waals surface area contributed by atoms with Crippen LogP contribution in [0.25, 0.3) is 0 Å². The fraction of sp³-hybridized carbons (Fsp3) is 1.00. The molecular weight excluding hydrogens is 225 g/mol. The first-order valence-corrected chi connectivity index (χ1v) is 8.09.